The number of pyridine rings is 1. The van der Waals surface area contributed by atoms with E-state index in [9.17, 15) is 9.59 Å². The summed E-state index contributed by atoms with van der Waals surface area (Å²) in [6, 6.07) is 1.51. The molecular formula is C20H26ClN3O4S2. The molecule has 0 spiro atoms. The molecule has 0 saturated heterocycles. The number of thioether (sulfide) groups is 1. The molecule has 7 nitrogen and oxygen atoms in total. The van der Waals surface area contributed by atoms with Crippen LogP contribution in [-0.4, -0.2) is 45.9 Å². The molecule has 2 rings (SSSR count). The summed E-state index contributed by atoms with van der Waals surface area (Å²) in [5.74, 6) is -0.271. The molecular weight excluding hydrogens is 446 g/mol. The lowest BCUT2D eigenvalue weighted by Gasteiger charge is -2.27. The van der Waals surface area contributed by atoms with E-state index in [2.05, 4.69) is 20.0 Å². The first kappa shape index (κ1) is 24.4. The van der Waals surface area contributed by atoms with Crippen molar-refractivity contribution in [1.29, 1.82) is 0 Å². The van der Waals surface area contributed by atoms with Crippen LogP contribution in [0.3, 0.4) is 0 Å². The lowest BCUT2D eigenvalue weighted by molar-refractivity contribution is -0.156. The highest BCUT2D eigenvalue weighted by Crippen LogP contribution is 2.36. The number of ether oxygens (including phenoxy) is 2. The maximum atomic E-state index is 12.4. The Bertz CT molecular complexity index is 910. The number of carbonyl (C=O) groups is 2. The topological polar surface area (TPSA) is 90.4 Å². The van der Waals surface area contributed by atoms with Crippen LogP contribution in [0.2, 0.25) is 5.02 Å². The van der Waals surface area contributed by atoms with Gasteiger partial charge in [-0.15, -0.1) is 11.3 Å². The third-order valence-electron chi connectivity index (χ3n) is 3.70. The van der Waals surface area contributed by atoms with Crippen molar-refractivity contribution in [2.24, 2.45) is 0 Å². The number of carbonyl (C=O) groups excluding carboxylic acids is 2. The van der Waals surface area contributed by atoms with Crippen molar-refractivity contribution in [1.82, 2.24) is 9.97 Å². The first-order chi connectivity index (χ1) is 13.9. The van der Waals surface area contributed by atoms with Gasteiger partial charge >= 0.3 is 11.9 Å². The minimum atomic E-state index is -0.737. The molecule has 0 aliphatic rings. The Morgan fingerprint density at radius 3 is 2.57 bits per heavy atom. The number of hydrogen-bond acceptors (Lipinski definition) is 9. The zero-order valence-corrected chi connectivity index (χ0v) is 20.3. The molecule has 0 aliphatic carbocycles. The predicted octanol–water partition coefficient (Wildman–Crippen LogP) is 4.85. The lowest BCUT2D eigenvalue weighted by Crippen LogP contribution is -2.36. The van der Waals surface area contributed by atoms with Crippen LogP contribution in [0.1, 0.15) is 50.7 Å². The fraction of sp³-hybridized carbons (Fsp3) is 0.500. The van der Waals surface area contributed by atoms with E-state index < -0.39 is 16.3 Å². The number of aromatic nitrogens is 2. The van der Waals surface area contributed by atoms with E-state index in [-0.39, 0.29) is 5.97 Å². The van der Waals surface area contributed by atoms with Gasteiger partial charge < -0.3 is 14.8 Å². The number of rotatable bonds is 8. The third kappa shape index (κ3) is 7.14. The normalized spacial score (nSPS) is 11.8. The van der Waals surface area contributed by atoms with Crippen molar-refractivity contribution in [3.8, 4) is 0 Å². The Kier molecular flexibility index (Phi) is 8.13. The van der Waals surface area contributed by atoms with Gasteiger partial charge in [0, 0.05) is 24.5 Å². The van der Waals surface area contributed by atoms with Gasteiger partial charge in [0.25, 0.3) is 0 Å². The molecule has 0 atom stereocenters. The van der Waals surface area contributed by atoms with Crippen LogP contribution in [-0.2, 0) is 20.7 Å². The first-order valence-electron chi connectivity index (χ1n) is 9.26. The molecule has 0 amide bonds. The number of nitrogens with zero attached hydrogens (tertiary/aromatic N) is 2. The molecule has 0 aliphatic heterocycles. The largest absolute Gasteiger partial charge is 0.465 e. The molecule has 0 fully saturated rings. The maximum absolute atomic E-state index is 12.4. The van der Waals surface area contributed by atoms with Crippen molar-refractivity contribution in [2.45, 2.75) is 55.7 Å². The molecule has 1 N–H and O–H groups in total. The molecule has 0 aromatic carbocycles. The summed E-state index contributed by atoms with van der Waals surface area (Å²) in [7, 11) is 1.30. The van der Waals surface area contributed by atoms with Gasteiger partial charge in [-0.05, 0) is 40.7 Å². The number of anilines is 1. The van der Waals surface area contributed by atoms with E-state index in [0.29, 0.717) is 29.4 Å². The van der Waals surface area contributed by atoms with Crippen molar-refractivity contribution in [3.05, 3.63) is 33.9 Å². The van der Waals surface area contributed by atoms with Gasteiger partial charge in [-0.1, -0.05) is 23.4 Å². The second-order valence-corrected chi connectivity index (χ2v) is 11.1. The molecule has 0 unspecified atom stereocenters. The van der Waals surface area contributed by atoms with E-state index in [0.717, 1.165) is 10.0 Å². The molecule has 164 valence electrons. The Morgan fingerprint density at radius 2 is 1.97 bits per heavy atom. The van der Waals surface area contributed by atoms with Crippen molar-refractivity contribution >= 4 is 52.5 Å². The number of thiazole rings is 1. The van der Waals surface area contributed by atoms with Crippen molar-refractivity contribution < 1.29 is 19.1 Å². The number of methoxy groups -OCH3 is 1. The Balaban J connectivity index is 1.90. The van der Waals surface area contributed by atoms with Crippen LogP contribution in [0.15, 0.2) is 22.0 Å². The van der Waals surface area contributed by atoms with Gasteiger partial charge in [0.15, 0.2) is 4.34 Å². The minimum Gasteiger partial charge on any atom is -0.465 e. The number of esters is 2. The fourth-order valence-corrected chi connectivity index (χ4v) is 4.71. The average molecular weight is 472 g/mol. The summed E-state index contributed by atoms with van der Waals surface area (Å²) >= 11 is 9.05. The standard InChI is InChI=1S/C20H26ClN3O4S2/c1-19(2,3)28-17(26)20(4,5)30-18-24-13(11-29-18)7-8-22-15-14(21)9-12(10-23-15)16(25)27-6/h9-11H,7-8H2,1-6H3,(H,22,23). The van der Waals surface area contributed by atoms with Crippen LogP contribution in [0, 0.1) is 0 Å². The molecule has 10 heteroatoms. The second kappa shape index (κ2) is 9.98. The summed E-state index contributed by atoms with van der Waals surface area (Å²) < 4.78 is 10.2. The SMILES string of the molecule is COC(=O)c1cnc(NCCc2csc(SC(C)(C)C(=O)OC(C)(C)C)n2)c(Cl)c1. The summed E-state index contributed by atoms with van der Waals surface area (Å²) in [4.78, 5) is 32.7. The number of nitrogens with one attached hydrogen (secondary N) is 1. The fourth-order valence-electron chi connectivity index (χ4n) is 2.22. The van der Waals surface area contributed by atoms with Crippen molar-refractivity contribution in [3.63, 3.8) is 0 Å². The molecule has 30 heavy (non-hydrogen) atoms. The van der Waals surface area contributed by atoms with Crippen LogP contribution in [0.5, 0.6) is 0 Å². The van der Waals surface area contributed by atoms with Crippen LogP contribution in [0.4, 0.5) is 5.82 Å². The Morgan fingerprint density at radius 1 is 1.27 bits per heavy atom. The predicted molar refractivity (Wildman–Crippen MR) is 121 cm³/mol. The number of halogens is 1. The molecule has 2 aromatic rings. The van der Waals surface area contributed by atoms with E-state index in [1.54, 1.807) is 0 Å². The quantitative estimate of drug-likeness (QED) is 0.431. The van der Waals surface area contributed by atoms with Crippen LogP contribution >= 0.6 is 34.7 Å². The maximum Gasteiger partial charge on any atom is 0.339 e. The van der Waals surface area contributed by atoms with E-state index in [1.807, 2.05) is 40.0 Å². The minimum absolute atomic E-state index is 0.269. The Hall–Kier alpha value is -1.84. The highest BCUT2D eigenvalue weighted by molar-refractivity contribution is 8.03. The van der Waals surface area contributed by atoms with Gasteiger partial charge in [-0.3, -0.25) is 4.79 Å². The monoisotopic (exact) mass is 471 g/mol. The van der Waals surface area contributed by atoms with E-state index in [4.69, 9.17) is 16.3 Å². The molecule has 2 aromatic heterocycles. The highest BCUT2D eigenvalue weighted by atomic mass is 35.5. The van der Waals surface area contributed by atoms with Gasteiger partial charge in [-0.2, -0.15) is 0 Å². The zero-order valence-electron chi connectivity index (χ0n) is 17.9. The third-order valence-corrected chi connectivity index (χ3v) is 6.15. The summed E-state index contributed by atoms with van der Waals surface area (Å²) in [5, 5.41) is 5.44. The smallest absolute Gasteiger partial charge is 0.339 e. The first-order valence-corrected chi connectivity index (χ1v) is 11.3. The lowest BCUT2D eigenvalue weighted by atomic mass is 10.1. The summed E-state index contributed by atoms with van der Waals surface area (Å²) in [5.41, 5.74) is 0.665. The van der Waals surface area contributed by atoms with Gasteiger partial charge in [0.1, 0.15) is 16.2 Å². The number of hydrogen-bond donors (Lipinski definition) is 1. The van der Waals surface area contributed by atoms with Crippen LogP contribution in [0.25, 0.3) is 0 Å². The van der Waals surface area contributed by atoms with Gasteiger partial charge in [-0.25, -0.2) is 14.8 Å². The van der Waals surface area contributed by atoms with Gasteiger partial charge in [0.05, 0.1) is 23.4 Å². The van der Waals surface area contributed by atoms with Crippen LogP contribution < -0.4 is 5.32 Å². The highest BCUT2D eigenvalue weighted by Gasteiger charge is 2.34. The zero-order chi connectivity index (χ0) is 22.5. The second-order valence-electron chi connectivity index (χ2n) is 7.94. The van der Waals surface area contributed by atoms with E-state index in [1.165, 1.54) is 42.5 Å². The molecule has 0 saturated carbocycles. The average Bonchev–Trinajstić information content (AvgIpc) is 3.07. The van der Waals surface area contributed by atoms with Gasteiger partial charge in [0.2, 0.25) is 0 Å². The molecule has 0 radical (unpaired) electrons. The molecule has 0 bridgehead atoms. The Labute approximate surface area is 189 Å². The van der Waals surface area contributed by atoms with Crippen molar-refractivity contribution in [2.75, 3.05) is 19.0 Å². The van der Waals surface area contributed by atoms with E-state index >= 15 is 0 Å². The molecule has 2 heterocycles. The summed E-state index contributed by atoms with van der Waals surface area (Å²) in [6.07, 6.45) is 2.07. The summed E-state index contributed by atoms with van der Waals surface area (Å²) in [6.45, 7) is 9.78.